The highest BCUT2D eigenvalue weighted by Gasteiger charge is 2.26. The van der Waals surface area contributed by atoms with Gasteiger partial charge in [0.25, 0.3) is 0 Å². The molecule has 1 N–H and O–H groups in total. The van der Waals surface area contributed by atoms with Crippen molar-refractivity contribution in [2.24, 2.45) is 0 Å². The van der Waals surface area contributed by atoms with E-state index in [1.165, 1.54) is 11.3 Å². The average Bonchev–Trinajstić information content (AvgIpc) is 2.92. The number of rotatable bonds is 5. The number of carbonyl (C=O) groups is 3. The summed E-state index contributed by atoms with van der Waals surface area (Å²) in [6.07, 6.45) is 0. The molecule has 1 aromatic carbocycles. The summed E-state index contributed by atoms with van der Waals surface area (Å²) in [5.41, 5.74) is 1.85. The van der Waals surface area contributed by atoms with Crippen molar-refractivity contribution < 1.29 is 23.9 Å². The van der Waals surface area contributed by atoms with Gasteiger partial charge in [-0.15, -0.1) is 11.3 Å². The van der Waals surface area contributed by atoms with Gasteiger partial charge in [-0.25, -0.2) is 9.59 Å². The highest BCUT2D eigenvalue weighted by atomic mass is 32.1. The zero-order valence-corrected chi connectivity index (χ0v) is 15.1. The van der Waals surface area contributed by atoms with Crippen LogP contribution < -0.4 is 5.32 Å². The van der Waals surface area contributed by atoms with Crippen LogP contribution in [0.3, 0.4) is 0 Å². The van der Waals surface area contributed by atoms with Gasteiger partial charge in [0.2, 0.25) is 0 Å². The van der Waals surface area contributed by atoms with E-state index in [-0.39, 0.29) is 23.8 Å². The monoisotopic (exact) mass is 361 g/mol. The van der Waals surface area contributed by atoms with Gasteiger partial charge in [-0.2, -0.15) is 0 Å². The first-order valence-electron chi connectivity index (χ1n) is 7.83. The lowest BCUT2D eigenvalue weighted by atomic mass is 10.1. The number of thiophene rings is 1. The summed E-state index contributed by atoms with van der Waals surface area (Å²) < 4.78 is 9.77. The van der Waals surface area contributed by atoms with Crippen molar-refractivity contribution in [2.75, 3.05) is 18.5 Å². The van der Waals surface area contributed by atoms with E-state index in [9.17, 15) is 14.4 Å². The molecule has 2 rings (SSSR count). The average molecular weight is 361 g/mol. The first-order chi connectivity index (χ1) is 12.0. The molecule has 0 aliphatic carbocycles. The molecule has 7 heteroatoms. The Morgan fingerprint density at radius 1 is 1.04 bits per heavy atom. The van der Waals surface area contributed by atoms with Gasteiger partial charge >= 0.3 is 17.8 Å². The molecular formula is C18H19NO5S. The molecule has 0 bridgehead atoms. The third-order valence-electron chi connectivity index (χ3n) is 3.35. The molecule has 0 atom stereocenters. The lowest BCUT2D eigenvalue weighted by molar-refractivity contribution is -0.152. The second kappa shape index (κ2) is 8.43. The minimum Gasteiger partial charge on any atom is -0.462 e. The minimum atomic E-state index is -0.996. The standard InChI is InChI=1S/C18H19NO5S/c1-4-23-17(21)13-11(3)14(12-9-7-6-8-10-12)25-16(13)19-15(20)18(22)24-5-2/h6-10H,4-5H2,1-3H3,(H,19,20). The number of hydrogen-bond acceptors (Lipinski definition) is 6. The fourth-order valence-electron chi connectivity index (χ4n) is 2.27. The zero-order valence-electron chi connectivity index (χ0n) is 14.3. The molecule has 25 heavy (non-hydrogen) atoms. The van der Waals surface area contributed by atoms with E-state index < -0.39 is 17.8 Å². The van der Waals surface area contributed by atoms with E-state index in [0.717, 1.165) is 10.4 Å². The second-order valence-electron chi connectivity index (χ2n) is 5.02. The van der Waals surface area contributed by atoms with Gasteiger partial charge in [-0.05, 0) is 31.9 Å². The summed E-state index contributed by atoms with van der Waals surface area (Å²) in [5, 5.41) is 2.74. The smallest absolute Gasteiger partial charge is 0.397 e. The van der Waals surface area contributed by atoms with Gasteiger partial charge in [0.1, 0.15) is 5.00 Å². The fraction of sp³-hybridized carbons (Fsp3) is 0.278. The zero-order chi connectivity index (χ0) is 18.4. The highest BCUT2D eigenvalue weighted by Crippen LogP contribution is 2.40. The van der Waals surface area contributed by atoms with Crippen LogP contribution >= 0.6 is 11.3 Å². The van der Waals surface area contributed by atoms with E-state index in [1.54, 1.807) is 20.8 Å². The van der Waals surface area contributed by atoms with Crippen molar-refractivity contribution in [3.63, 3.8) is 0 Å². The van der Waals surface area contributed by atoms with E-state index >= 15 is 0 Å². The molecule has 0 radical (unpaired) electrons. The number of nitrogens with one attached hydrogen (secondary N) is 1. The molecule has 132 valence electrons. The Bertz CT molecular complexity index is 782. The lowest BCUT2D eigenvalue weighted by Crippen LogP contribution is -2.25. The van der Waals surface area contributed by atoms with Crippen LogP contribution in [0.15, 0.2) is 30.3 Å². The molecule has 0 fully saturated rings. The molecule has 0 aliphatic rings. The Labute approximate surface area is 149 Å². The van der Waals surface area contributed by atoms with Crippen molar-refractivity contribution >= 4 is 34.2 Å². The largest absolute Gasteiger partial charge is 0.462 e. The van der Waals surface area contributed by atoms with Crippen LogP contribution in [0.1, 0.15) is 29.8 Å². The van der Waals surface area contributed by atoms with E-state index in [4.69, 9.17) is 4.74 Å². The van der Waals surface area contributed by atoms with Crippen LogP contribution in [0, 0.1) is 6.92 Å². The molecule has 1 aromatic heterocycles. The number of hydrogen-bond donors (Lipinski definition) is 1. The highest BCUT2D eigenvalue weighted by molar-refractivity contribution is 7.20. The Morgan fingerprint density at radius 2 is 1.68 bits per heavy atom. The van der Waals surface area contributed by atoms with E-state index in [2.05, 4.69) is 10.1 Å². The molecule has 0 saturated carbocycles. The van der Waals surface area contributed by atoms with Crippen LogP contribution in [0.5, 0.6) is 0 Å². The quantitative estimate of drug-likeness (QED) is 0.652. The van der Waals surface area contributed by atoms with Crippen molar-refractivity contribution in [3.8, 4) is 10.4 Å². The van der Waals surface area contributed by atoms with Crippen LogP contribution in [0.2, 0.25) is 0 Å². The summed E-state index contributed by atoms with van der Waals surface area (Å²) in [7, 11) is 0. The molecule has 6 nitrogen and oxygen atoms in total. The van der Waals surface area contributed by atoms with Gasteiger partial charge in [-0.3, -0.25) is 4.79 Å². The van der Waals surface area contributed by atoms with Gasteiger partial charge in [0.15, 0.2) is 0 Å². The van der Waals surface area contributed by atoms with Gasteiger partial charge in [0, 0.05) is 4.88 Å². The Balaban J connectivity index is 2.45. The second-order valence-corrected chi connectivity index (χ2v) is 6.04. The third kappa shape index (κ3) is 4.24. The summed E-state index contributed by atoms with van der Waals surface area (Å²) in [4.78, 5) is 36.7. The Kier molecular flexibility index (Phi) is 6.30. The molecule has 0 saturated heterocycles. The maximum absolute atomic E-state index is 12.3. The van der Waals surface area contributed by atoms with Gasteiger partial charge in [0.05, 0.1) is 18.8 Å². The first kappa shape index (κ1) is 18.7. The number of amides is 1. The Morgan fingerprint density at radius 3 is 2.28 bits per heavy atom. The summed E-state index contributed by atoms with van der Waals surface area (Å²) in [5.74, 6) is -2.46. The predicted molar refractivity (Wildman–Crippen MR) is 95.7 cm³/mol. The molecule has 1 amide bonds. The molecule has 0 aliphatic heterocycles. The van der Waals surface area contributed by atoms with E-state index in [1.807, 2.05) is 30.3 Å². The van der Waals surface area contributed by atoms with Crippen molar-refractivity contribution in [1.29, 1.82) is 0 Å². The first-order valence-corrected chi connectivity index (χ1v) is 8.65. The number of carbonyl (C=O) groups excluding carboxylic acids is 3. The van der Waals surface area contributed by atoms with Gasteiger partial charge < -0.3 is 14.8 Å². The summed E-state index contributed by atoms with van der Waals surface area (Å²) >= 11 is 1.22. The normalized spacial score (nSPS) is 10.2. The van der Waals surface area contributed by atoms with Crippen LogP contribution in [-0.2, 0) is 19.1 Å². The molecule has 0 spiro atoms. The molecule has 2 aromatic rings. The topological polar surface area (TPSA) is 81.7 Å². The molecule has 0 unspecified atom stereocenters. The lowest BCUT2D eigenvalue weighted by Gasteiger charge is -2.06. The fourth-order valence-corrected chi connectivity index (χ4v) is 3.46. The summed E-state index contributed by atoms with van der Waals surface area (Å²) in [6, 6.07) is 9.47. The maximum Gasteiger partial charge on any atom is 0.397 e. The SMILES string of the molecule is CCOC(=O)C(=O)Nc1sc(-c2ccccc2)c(C)c1C(=O)OCC. The summed E-state index contributed by atoms with van der Waals surface area (Å²) in [6.45, 7) is 5.40. The number of ether oxygens (including phenoxy) is 2. The van der Waals surface area contributed by atoms with Gasteiger partial charge in [-0.1, -0.05) is 30.3 Å². The maximum atomic E-state index is 12.3. The van der Waals surface area contributed by atoms with Crippen LogP contribution in [0.4, 0.5) is 5.00 Å². The van der Waals surface area contributed by atoms with Crippen molar-refractivity contribution in [3.05, 3.63) is 41.5 Å². The minimum absolute atomic E-state index is 0.0930. The number of esters is 2. The third-order valence-corrected chi connectivity index (χ3v) is 4.61. The van der Waals surface area contributed by atoms with Crippen molar-refractivity contribution in [1.82, 2.24) is 0 Å². The van der Waals surface area contributed by atoms with Crippen molar-refractivity contribution in [2.45, 2.75) is 20.8 Å². The number of anilines is 1. The van der Waals surface area contributed by atoms with Crippen LogP contribution in [0.25, 0.3) is 10.4 Å². The Hall–Kier alpha value is -2.67. The predicted octanol–water partition coefficient (Wildman–Crippen LogP) is 3.40. The van der Waals surface area contributed by atoms with Crippen LogP contribution in [-0.4, -0.2) is 31.1 Å². The molecule has 1 heterocycles. The number of benzene rings is 1. The van der Waals surface area contributed by atoms with E-state index in [0.29, 0.717) is 5.56 Å². The molecular weight excluding hydrogens is 342 g/mol.